The molecule has 8 nitrogen and oxygen atoms in total. The lowest BCUT2D eigenvalue weighted by atomic mass is 9.96. The van der Waals surface area contributed by atoms with Crippen LogP contribution >= 0.6 is 0 Å². The van der Waals surface area contributed by atoms with Gasteiger partial charge in [-0.15, -0.1) is 0 Å². The van der Waals surface area contributed by atoms with E-state index in [1.807, 2.05) is 45.2 Å². The molecule has 2 aromatic rings. The third kappa shape index (κ3) is 5.18. The first kappa shape index (κ1) is 21.2. The minimum Gasteiger partial charge on any atom is -0.490 e. The number of anilines is 1. The van der Waals surface area contributed by atoms with Crippen LogP contribution in [0.15, 0.2) is 36.5 Å². The molecule has 166 valence electrons. The minimum atomic E-state index is -0.517. The maximum absolute atomic E-state index is 12.8. The zero-order valence-corrected chi connectivity index (χ0v) is 18.3. The Hall–Kier alpha value is -3.03. The number of rotatable bonds is 5. The molecule has 1 unspecified atom stereocenters. The molecular formula is C23H30N4O4. The van der Waals surface area contributed by atoms with Gasteiger partial charge in [-0.2, -0.15) is 5.10 Å². The number of hydrogen-bond acceptors (Lipinski definition) is 5. The van der Waals surface area contributed by atoms with E-state index >= 15 is 0 Å². The molecule has 1 aromatic carbocycles. The molecule has 31 heavy (non-hydrogen) atoms. The molecule has 2 heterocycles. The topological polar surface area (TPSA) is 85.7 Å². The van der Waals surface area contributed by atoms with E-state index in [-0.39, 0.29) is 24.1 Å². The number of hydrogen-bond donors (Lipinski definition) is 1. The van der Waals surface area contributed by atoms with Gasteiger partial charge >= 0.3 is 6.09 Å². The number of ether oxygens (including phenoxy) is 2. The van der Waals surface area contributed by atoms with Crippen molar-refractivity contribution >= 4 is 17.8 Å². The normalized spacial score (nSPS) is 19.1. The van der Waals surface area contributed by atoms with Gasteiger partial charge in [0.1, 0.15) is 11.4 Å². The summed E-state index contributed by atoms with van der Waals surface area (Å²) in [5.41, 5.74) is -0.0161. The van der Waals surface area contributed by atoms with Gasteiger partial charge in [0, 0.05) is 25.4 Å². The Morgan fingerprint density at radius 3 is 2.61 bits per heavy atom. The van der Waals surface area contributed by atoms with Crippen LogP contribution in [0.25, 0.3) is 0 Å². The summed E-state index contributed by atoms with van der Waals surface area (Å²) in [5, 5.41) is 7.37. The fourth-order valence-corrected chi connectivity index (χ4v) is 3.67. The molecule has 2 amide bonds. The van der Waals surface area contributed by atoms with E-state index in [4.69, 9.17) is 9.47 Å². The van der Waals surface area contributed by atoms with Gasteiger partial charge < -0.3 is 19.7 Å². The van der Waals surface area contributed by atoms with Crippen molar-refractivity contribution in [3.8, 4) is 5.75 Å². The maximum atomic E-state index is 12.8. The molecule has 1 saturated carbocycles. The lowest BCUT2D eigenvalue weighted by molar-refractivity contribution is 0.0288. The first-order chi connectivity index (χ1) is 14.8. The second kappa shape index (κ2) is 8.61. The van der Waals surface area contributed by atoms with Crippen LogP contribution in [0, 0.1) is 0 Å². The largest absolute Gasteiger partial charge is 0.490 e. The summed E-state index contributed by atoms with van der Waals surface area (Å²) in [6, 6.07) is 9.10. The number of carbonyl (C=O) groups excluding carboxylic acids is 2. The summed E-state index contributed by atoms with van der Waals surface area (Å²) in [6.07, 6.45) is 5.73. The van der Waals surface area contributed by atoms with Gasteiger partial charge in [0.05, 0.1) is 17.7 Å². The third-order valence-corrected chi connectivity index (χ3v) is 5.52. The highest BCUT2D eigenvalue weighted by molar-refractivity contribution is 6.05. The molecule has 1 aliphatic heterocycles. The Labute approximate surface area is 182 Å². The number of nitrogens with one attached hydrogen (secondary N) is 1. The number of carbonyl (C=O) groups is 2. The van der Waals surface area contributed by atoms with Crippen LogP contribution in [0.2, 0.25) is 0 Å². The Balaban J connectivity index is 1.37. The minimum absolute atomic E-state index is 0.0485. The second-order valence-corrected chi connectivity index (χ2v) is 9.17. The lowest BCUT2D eigenvalue weighted by Crippen LogP contribution is -2.35. The number of aromatic nitrogens is 2. The molecule has 1 N–H and O–H groups in total. The molecule has 4 rings (SSSR count). The standard InChI is InChI=1S/C23H30N4O4/c1-23(2,3)31-22(29)26-13-11-16(15-26)27-14-12-20(25-27)24-21(28)18-9-4-5-10-19(18)30-17-7-6-8-17/h4-5,9-10,12,14,16-17H,6-8,11,13,15H2,1-3H3,(H,24,25,28). The number of amides is 2. The highest BCUT2D eigenvalue weighted by atomic mass is 16.6. The van der Waals surface area contributed by atoms with Crippen molar-refractivity contribution < 1.29 is 19.1 Å². The van der Waals surface area contributed by atoms with Crippen molar-refractivity contribution in [3.63, 3.8) is 0 Å². The van der Waals surface area contributed by atoms with Gasteiger partial charge in [-0.25, -0.2) is 4.79 Å². The number of nitrogens with zero attached hydrogens (tertiary/aromatic N) is 3. The predicted octanol–water partition coefficient (Wildman–Crippen LogP) is 4.25. The summed E-state index contributed by atoms with van der Waals surface area (Å²) in [5.74, 6) is 0.828. The van der Waals surface area contributed by atoms with Gasteiger partial charge in [0.2, 0.25) is 0 Å². The van der Waals surface area contributed by atoms with Crippen LogP contribution < -0.4 is 10.1 Å². The van der Waals surface area contributed by atoms with E-state index in [0.29, 0.717) is 30.2 Å². The van der Waals surface area contributed by atoms with Crippen molar-refractivity contribution in [3.05, 3.63) is 42.1 Å². The molecule has 2 aliphatic rings. The molecule has 1 aromatic heterocycles. The van der Waals surface area contributed by atoms with Crippen LogP contribution in [0.1, 0.15) is 62.9 Å². The summed E-state index contributed by atoms with van der Waals surface area (Å²) < 4.78 is 13.2. The fraction of sp³-hybridized carbons (Fsp3) is 0.522. The van der Waals surface area contributed by atoms with Crippen molar-refractivity contribution in [1.82, 2.24) is 14.7 Å². The zero-order valence-electron chi connectivity index (χ0n) is 18.3. The van der Waals surface area contributed by atoms with Crippen LogP contribution in [-0.2, 0) is 4.74 Å². The summed E-state index contributed by atoms with van der Waals surface area (Å²) in [7, 11) is 0. The lowest BCUT2D eigenvalue weighted by Gasteiger charge is -2.27. The predicted molar refractivity (Wildman–Crippen MR) is 116 cm³/mol. The Morgan fingerprint density at radius 1 is 1.13 bits per heavy atom. The Morgan fingerprint density at radius 2 is 1.90 bits per heavy atom. The third-order valence-electron chi connectivity index (χ3n) is 5.52. The number of likely N-dealkylation sites (tertiary alicyclic amines) is 1. The molecule has 0 spiro atoms. The Kier molecular flexibility index (Phi) is 5.89. The highest BCUT2D eigenvalue weighted by Crippen LogP contribution is 2.28. The average Bonchev–Trinajstić information content (AvgIpc) is 3.33. The second-order valence-electron chi connectivity index (χ2n) is 9.17. The van der Waals surface area contributed by atoms with E-state index in [1.165, 1.54) is 6.42 Å². The highest BCUT2D eigenvalue weighted by Gasteiger charge is 2.31. The van der Waals surface area contributed by atoms with Gasteiger partial charge in [-0.05, 0) is 58.6 Å². The summed E-state index contributed by atoms with van der Waals surface area (Å²) in [6.45, 7) is 6.72. The molecule has 1 aliphatic carbocycles. The van der Waals surface area contributed by atoms with E-state index in [0.717, 1.165) is 19.3 Å². The van der Waals surface area contributed by atoms with Crippen LogP contribution in [0.3, 0.4) is 0 Å². The van der Waals surface area contributed by atoms with Crippen molar-refractivity contribution in [2.45, 2.75) is 64.2 Å². The number of benzene rings is 1. The average molecular weight is 427 g/mol. The smallest absolute Gasteiger partial charge is 0.410 e. The van der Waals surface area contributed by atoms with Gasteiger partial charge in [-0.1, -0.05) is 12.1 Å². The van der Waals surface area contributed by atoms with E-state index in [9.17, 15) is 9.59 Å². The molecule has 1 atom stereocenters. The van der Waals surface area contributed by atoms with E-state index in [1.54, 1.807) is 21.7 Å². The van der Waals surface area contributed by atoms with Crippen molar-refractivity contribution in [2.75, 3.05) is 18.4 Å². The first-order valence-electron chi connectivity index (χ1n) is 10.9. The number of para-hydroxylation sites is 1. The fourth-order valence-electron chi connectivity index (χ4n) is 3.67. The van der Waals surface area contributed by atoms with Crippen LogP contribution in [0.4, 0.5) is 10.6 Å². The van der Waals surface area contributed by atoms with Crippen molar-refractivity contribution in [2.24, 2.45) is 0 Å². The molecule has 0 radical (unpaired) electrons. The molecule has 2 fully saturated rings. The van der Waals surface area contributed by atoms with Crippen LogP contribution in [-0.4, -0.2) is 51.5 Å². The first-order valence-corrected chi connectivity index (χ1v) is 10.9. The van der Waals surface area contributed by atoms with Gasteiger partial charge in [0.15, 0.2) is 5.82 Å². The van der Waals surface area contributed by atoms with Crippen molar-refractivity contribution in [1.29, 1.82) is 0 Å². The quantitative estimate of drug-likeness (QED) is 0.773. The summed E-state index contributed by atoms with van der Waals surface area (Å²) >= 11 is 0. The molecule has 1 saturated heterocycles. The molecular weight excluding hydrogens is 396 g/mol. The molecule has 0 bridgehead atoms. The Bertz CT molecular complexity index is 945. The van der Waals surface area contributed by atoms with E-state index in [2.05, 4.69) is 10.4 Å². The zero-order chi connectivity index (χ0) is 22.0. The van der Waals surface area contributed by atoms with Gasteiger partial charge in [-0.3, -0.25) is 9.48 Å². The summed E-state index contributed by atoms with van der Waals surface area (Å²) in [4.78, 5) is 26.8. The molecule has 8 heteroatoms. The van der Waals surface area contributed by atoms with Gasteiger partial charge in [0.25, 0.3) is 5.91 Å². The maximum Gasteiger partial charge on any atom is 0.410 e. The van der Waals surface area contributed by atoms with Crippen LogP contribution in [0.5, 0.6) is 5.75 Å². The monoisotopic (exact) mass is 426 g/mol. The van der Waals surface area contributed by atoms with E-state index < -0.39 is 5.60 Å². The SMILES string of the molecule is CC(C)(C)OC(=O)N1CCC(n2ccc(NC(=O)c3ccccc3OC3CCC3)n2)C1.